The molecule has 1 heterocycles. The molecular weight excluding hydrogens is 158 g/mol. The van der Waals surface area contributed by atoms with Gasteiger partial charge in [0, 0.05) is 7.05 Å². The van der Waals surface area contributed by atoms with Crippen LogP contribution in [-0.4, -0.2) is 35.5 Å². The zero-order valence-corrected chi connectivity index (χ0v) is 7.75. The lowest BCUT2D eigenvalue weighted by molar-refractivity contribution is -0.123. The smallest absolute Gasteiger partial charge is 0.410 e. The molecule has 4 nitrogen and oxygen atoms in total. The highest BCUT2D eigenvalue weighted by atomic mass is 16.6. The molecule has 0 unspecified atom stereocenters. The van der Waals surface area contributed by atoms with Crippen LogP contribution in [-0.2, 0) is 9.53 Å². The van der Waals surface area contributed by atoms with Crippen LogP contribution in [0.1, 0.15) is 20.8 Å². The fourth-order valence-corrected chi connectivity index (χ4v) is 1.69. The maximum Gasteiger partial charge on any atom is 0.410 e. The molecule has 0 spiro atoms. The molecule has 1 fully saturated rings. The summed E-state index contributed by atoms with van der Waals surface area (Å²) in [7, 11) is 1.57. The molecule has 0 aromatic rings. The van der Waals surface area contributed by atoms with E-state index in [1.807, 2.05) is 0 Å². The van der Waals surface area contributed by atoms with E-state index in [0.29, 0.717) is 0 Å². The number of likely N-dealkylation sites (N-methyl/N-ethyl adjacent to an activating group) is 1. The maximum atomic E-state index is 11.1. The molecule has 1 aliphatic heterocycles. The zero-order chi connectivity index (χ0) is 9.52. The molecule has 4 heteroatoms. The second-order valence-corrected chi connectivity index (χ2v) is 3.60. The Balaban J connectivity index is 2.96. The summed E-state index contributed by atoms with van der Waals surface area (Å²) in [5.74, 6) is -0.0478. The van der Waals surface area contributed by atoms with Gasteiger partial charge in [0.15, 0.2) is 5.78 Å². The Morgan fingerprint density at radius 1 is 1.58 bits per heavy atom. The molecule has 0 bridgehead atoms. The molecule has 12 heavy (non-hydrogen) atoms. The van der Waals surface area contributed by atoms with Gasteiger partial charge in [0.25, 0.3) is 0 Å². The summed E-state index contributed by atoms with van der Waals surface area (Å²) < 4.78 is 5.00. The lowest BCUT2D eigenvalue weighted by atomic mass is 9.96. The first-order valence-electron chi connectivity index (χ1n) is 3.82. The summed E-state index contributed by atoms with van der Waals surface area (Å²) >= 11 is 0. The van der Waals surface area contributed by atoms with Crippen molar-refractivity contribution in [2.75, 3.05) is 7.05 Å². The Morgan fingerprint density at radius 3 is 2.25 bits per heavy atom. The average Bonchev–Trinajstić information content (AvgIpc) is 2.01. The second-order valence-electron chi connectivity index (χ2n) is 3.60. The van der Waals surface area contributed by atoms with E-state index in [1.54, 1.807) is 20.9 Å². The fourth-order valence-electron chi connectivity index (χ4n) is 1.69. The lowest BCUT2D eigenvalue weighted by Gasteiger charge is -2.23. The number of hydrogen-bond acceptors (Lipinski definition) is 3. The Kier molecular flexibility index (Phi) is 1.86. The van der Waals surface area contributed by atoms with Gasteiger partial charge in [-0.1, -0.05) is 0 Å². The molecule has 0 saturated carbocycles. The summed E-state index contributed by atoms with van der Waals surface area (Å²) in [6, 6.07) is -0.454. The quantitative estimate of drug-likeness (QED) is 0.586. The molecule has 1 amide bonds. The van der Waals surface area contributed by atoms with Gasteiger partial charge in [-0.25, -0.2) is 4.79 Å². The van der Waals surface area contributed by atoms with Gasteiger partial charge in [-0.3, -0.25) is 9.69 Å². The number of carbonyl (C=O) groups is 2. The first-order valence-corrected chi connectivity index (χ1v) is 3.82. The van der Waals surface area contributed by atoms with Gasteiger partial charge in [0.05, 0.1) is 0 Å². The van der Waals surface area contributed by atoms with Gasteiger partial charge >= 0.3 is 6.09 Å². The van der Waals surface area contributed by atoms with E-state index in [2.05, 4.69) is 0 Å². The first kappa shape index (κ1) is 9.03. The third kappa shape index (κ3) is 1.17. The van der Waals surface area contributed by atoms with Crippen LogP contribution < -0.4 is 0 Å². The highest BCUT2D eigenvalue weighted by molar-refractivity contribution is 5.89. The largest absolute Gasteiger partial charge is 0.441 e. The average molecular weight is 171 g/mol. The maximum absolute atomic E-state index is 11.1. The molecular formula is C8H13NO3. The lowest BCUT2D eigenvalue weighted by Crippen LogP contribution is -2.44. The van der Waals surface area contributed by atoms with Crippen molar-refractivity contribution in [1.29, 1.82) is 0 Å². The summed E-state index contributed by atoms with van der Waals surface area (Å²) in [4.78, 5) is 23.5. The van der Waals surface area contributed by atoms with Crippen LogP contribution >= 0.6 is 0 Å². The number of rotatable bonds is 1. The van der Waals surface area contributed by atoms with Crippen molar-refractivity contribution >= 4 is 11.9 Å². The van der Waals surface area contributed by atoms with E-state index in [4.69, 9.17) is 4.74 Å². The molecule has 0 aliphatic carbocycles. The number of Topliss-reactive ketones (excluding diaryl/α,β-unsaturated/α-hetero) is 1. The van der Waals surface area contributed by atoms with Crippen LogP contribution in [0.2, 0.25) is 0 Å². The topological polar surface area (TPSA) is 46.6 Å². The van der Waals surface area contributed by atoms with Gasteiger partial charge in [0.1, 0.15) is 11.6 Å². The summed E-state index contributed by atoms with van der Waals surface area (Å²) in [6.45, 7) is 4.94. The summed E-state index contributed by atoms with van der Waals surface area (Å²) in [6.07, 6.45) is -0.430. The van der Waals surface area contributed by atoms with Crippen molar-refractivity contribution in [1.82, 2.24) is 4.90 Å². The summed E-state index contributed by atoms with van der Waals surface area (Å²) in [5, 5.41) is 0. The molecule has 0 radical (unpaired) electrons. The predicted octanol–water partition coefficient (Wildman–Crippen LogP) is 0.805. The standard InChI is InChI=1S/C8H13NO3/c1-5(10)6-8(2,3)12-7(11)9(6)4/h6H,1-4H3/t6-/m1/s1. The van der Waals surface area contributed by atoms with Crippen molar-refractivity contribution in [3.8, 4) is 0 Å². The van der Waals surface area contributed by atoms with Gasteiger partial charge in [-0.15, -0.1) is 0 Å². The number of hydrogen-bond donors (Lipinski definition) is 0. The number of cyclic esters (lactones) is 1. The molecule has 1 atom stereocenters. The van der Waals surface area contributed by atoms with Crippen LogP contribution in [0.15, 0.2) is 0 Å². The number of ketones is 1. The molecule has 0 N–H and O–H groups in total. The highest BCUT2D eigenvalue weighted by Gasteiger charge is 2.48. The minimum absolute atomic E-state index is 0.0478. The van der Waals surface area contributed by atoms with Crippen molar-refractivity contribution in [2.24, 2.45) is 0 Å². The van der Waals surface area contributed by atoms with Crippen molar-refractivity contribution < 1.29 is 14.3 Å². The zero-order valence-electron chi connectivity index (χ0n) is 7.75. The third-order valence-electron chi connectivity index (χ3n) is 2.07. The molecule has 0 aromatic carbocycles. The number of amides is 1. The Bertz CT molecular complexity index is 234. The van der Waals surface area contributed by atoms with Crippen molar-refractivity contribution in [3.63, 3.8) is 0 Å². The normalized spacial score (nSPS) is 27.2. The van der Waals surface area contributed by atoms with Crippen LogP contribution in [0.3, 0.4) is 0 Å². The predicted molar refractivity (Wildman–Crippen MR) is 42.8 cm³/mol. The molecule has 0 aromatic heterocycles. The van der Waals surface area contributed by atoms with Gasteiger partial charge in [0.2, 0.25) is 0 Å². The number of nitrogens with zero attached hydrogens (tertiary/aromatic N) is 1. The second kappa shape index (κ2) is 2.47. The minimum Gasteiger partial charge on any atom is -0.441 e. The van der Waals surface area contributed by atoms with Gasteiger partial charge < -0.3 is 4.74 Å². The number of carbonyl (C=O) groups excluding carboxylic acids is 2. The van der Waals surface area contributed by atoms with E-state index in [1.165, 1.54) is 11.8 Å². The Labute approximate surface area is 71.5 Å². The summed E-state index contributed by atoms with van der Waals surface area (Å²) in [5.41, 5.74) is -0.697. The van der Waals surface area contributed by atoms with E-state index >= 15 is 0 Å². The molecule has 1 rings (SSSR count). The van der Waals surface area contributed by atoms with Crippen LogP contribution in [0, 0.1) is 0 Å². The van der Waals surface area contributed by atoms with E-state index < -0.39 is 17.7 Å². The molecule has 1 saturated heterocycles. The van der Waals surface area contributed by atoms with Gasteiger partial charge in [-0.05, 0) is 20.8 Å². The number of ether oxygens (including phenoxy) is 1. The highest BCUT2D eigenvalue weighted by Crippen LogP contribution is 2.28. The van der Waals surface area contributed by atoms with E-state index in [0.717, 1.165) is 0 Å². The SMILES string of the molecule is CC(=O)[C@H]1N(C)C(=O)OC1(C)C. The fraction of sp³-hybridized carbons (Fsp3) is 0.750. The first-order chi connectivity index (χ1) is 5.36. The molecule has 68 valence electrons. The van der Waals surface area contributed by atoms with Crippen molar-refractivity contribution in [2.45, 2.75) is 32.4 Å². The minimum atomic E-state index is -0.697. The Hall–Kier alpha value is -1.06. The van der Waals surface area contributed by atoms with Gasteiger partial charge in [-0.2, -0.15) is 0 Å². The third-order valence-corrected chi connectivity index (χ3v) is 2.07. The van der Waals surface area contributed by atoms with E-state index in [9.17, 15) is 9.59 Å². The van der Waals surface area contributed by atoms with Crippen molar-refractivity contribution in [3.05, 3.63) is 0 Å². The van der Waals surface area contributed by atoms with Crippen LogP contribution in [0.5, 0.6) is 0 Å². The van der Waals surface area contributed by atoms with Crippen LogP contribution in [0.25, 0.3) is 0 Å². The Morgan fingerprint density at radius 2 is 2.08 bits per heavy atom. The molecule has 1 aliphatic rings. The van der Waals surface area contributed by atoms with Crippen LogP contribution in [0.4, 0.5) is 4.79 Å². The van der Waals surface area contributed by atoms with E-state index in [-0.39, 0.29) is 5.78 Å². The monoisotopic (exact) mass is 171 g/mol.